The minimum atomic E-state index is -0.0961. The summed E-state index contributed by atoms with van der Waals surface area (Å²) in [5, 5.41) is 2.74. The first-order chi connectivity index (χ1) is 9.75. The van der Waals surface area contributed by atoms with E-state index in [-0.39, 0.29) is 17.6 Å². The van der Waals surface area contributed by atoms with Gasteiger partial charge >= 0.3 is 0 Å². The largest absolute Gasteiger partial charge is 0.467 e. The molecule has 0 spiro atoms. The van der Waals surface area contributed by atoms with Gasteiger partial charge in [0.05, 0.1) is 37.5 Å². The molecule has 0 radical (unpaired) electrons. The van der Waals surface area contributed by atoms with E-state index in [9.17, 15) is 9.59 Å². The minimum absolute atomic E-state index is 0.0668. The molecule has 0 bridgehead atoms. The summed E-state index contributed by atoms with van der Waals surface area (Å²) in [5.74, 6) is 1.29. The zero-order chi connectivity index (χ0) is 14.2. The van der Waals surface area contributed by atoms with Gasteiger partial charge < -0.3 is 19.4 Å². The number of ether oxygens (including phenoxy) is 1. The molecule has 0 aromatic carbocycles. The molecule has 1 aliphatic heterocycles. The highest BCUT2D eigenvalue weighted by Crippen LogP contribution is 2.05. The number of morpholine rings is 1. The van der Waals surface area contributed by atoms with Crippen LogP contribution in [0.4, 0.5) is 0 Å². The third-order valence-corrected chi connectivity index (χ3v) is 3.78. The normalized spacial score (nSPS) is 15.1. The van der Waals surface area contributed by atoms with Gasteiger partial charge in [-0.15, -0.1) is 11.8 Å². The van der Waals surface area contributed by atoms with Gasteiger partial charge in [0.1, 0.15) is 5.76 Å². The molecular weight excluding hydrogens is 280 g/mol. The lowest BCUT2D eigenvalue weighted by molar-refractivity contribution is -0.132. The first-order valence-corrected chi connectivity index (χ1v) is 7.63. The van der Waals surface area contributed by atoms with Gasteiger partial charge in [0.15, 0.2) is 0 Å². The van der Waals surface area contributed by atoms with Gasteiger partial charge in [-0.05, 0) is 12.1 Å². The van der Waals surface area contributed by atoms with E-state index < -0.39 is 0 Å². The summed E-state index contributed by atoms with van der Waals surface area (Å²) in [6.07, 6.45) is 1.57. The molecule has 1 aromatic rings. The van der Waals surface area contributed by atoms with Crippen LogP contribution in [0.2, 0.25) is 0 Å². The third kappa shape index (κ3) is 4.90. The molecule has 1 saturated heterocycles. The number of nitrogens with one attached hydrogen (secondary N) is 1. The Morgan fingerprint density at radius 3 is 2.80 bits per heavy atom. The van der Waals surface area contributed by atoms with E-state index in [4.69, 9.17) is 9.15 Å². The number of hydrogen-bond donors (Lipinski definition) is 1. The third-order valence-electron chi connectivity index (χ3n) is 2.86. The molecular formula is C13H18N2O4S. The smallest absolute Gasteiger partial charge is 0.232 e. The van der Waals surface area contributed by atoms with Crippen molar-refractivity contribution < 1.29 is 18.7 Å². The van der Waals surface area contributed by atoms with Gasteiger partial charge in [-0.3, -0.25) is 9.59 Å². The highest BCUT2D eigenvalue weighted by Gasteiger charge is 2.16. The summed E-state index contributed by atoms with van der Waals surface area (Å²) in [5.41, 5.74) is 0. The van der Waals surface area contributed by atoms with Crippen molar-refractivity contribution in [3.8, 4) is 0 Å². The van der Waals surface area contributed by atoms with E-state index in [1.807, 2.05) is 0 Å². The van der Waals surface area contributed by atoms with E-state index in [0.717, 1.165) is 0 Å². The first kappa shape index (κ1) is 14.9. The lowest BCUT2D eigenvalue weighted by atomic mass is 10.4. The monoisotopic (exact) mass is 298 g/mol. The Labute approximate surface area is 121 Å². The van der Waals surface area contributed by atoms with Crippen LogP contribution >= 0.6 is 11.8 Å². The molecule has 0 saturated carbocycles. The molecule has 0 atom stereocenters. The van der Waals surface area contributed by atoms with E-state index in [2.05, 4.69) is 5.32 Å². The molecule has 6 nitrogen and oxygen atoms in total. The van der Waals surface area contributed by atoms with Crippen LogP contribution in [0.25, 0.3) is 0 Å². The number of rotatable bonds is 6. The zero-order valence-electron chi connectivity index (χ0n) is 11.2. The summed E-state index contributed by atoms with van der Waals surface area (Å²) in [7, 11) is 0. The Morgan fingerprint density at radius 2 is 2.10 bits per heavy atom. The molecule has 1 aromatic heterocycles. The quantitative estimate of drug-likeness (QED) is 0.827. The Kier molecular flexibility index (Phi) is 5.94. The van der Waals surface area contributed by atoms with Crippen LogP contribution in [0, 0.1) is 0 Å². The number of nitrogens with zero attached hydrogens (tertiary/aromatic N) is 1. The van der Waals surface area contributed by atoms with E-state index in [1.165, 1.54) is 11.8 Å². The van der Waals surface area contributed by atoms with Crippen LogP contribution in [0.5, 0.6) is 0 Å². The molecule has 20 heavy (non-hydrogen) atoms. The second kappa shape index (κ2) is 7.96. The van der Waals surface area contributed by atoms with Gasteiger partial charge in [0.25, 0.3) is 0 Å². The summed E-state index contributed by atoms with van der Waals surface area (Å²) in [6.45, 7) is 2.86. The lowest BCUT2D eigenvalue weighted by Gasteiger charge is -2.26. The molecule has 1 fully saturated rings. The van der Waals surface area contributed by atoms with Gasteiger partial charge in [0, 0.05) is 13.1 Å². The number of amides is 2. The van der Waals surface area contributed by atoms with Crippen molar-refractivity contribution >= 4 is 23.6 Å². The van der Waals surface area contributed by atoms with Gasteiger partial charge in [-0.25, -0.2) is 0 Å². The minimum Gasteiger partial charge on any atom is -0.467 e. The standard InChI is InChI=1S/C13H18N2O4S/c16-12(14-8-11-2-1-5-19-11)9-20-10-13(17)15-3-6-18-7-4-15/h1-2,5H,3-4,6-10H2,(H,14,16). The topological polar surface area (TPSA) is 71.8 Å². The van der Waals surface area contributed by atoms with Crippen molar-refractivity contribution in [1.29, 1.82) is 0 Å². The van der Waals surface area contributed by atoms with Gasteiger partial charge in [0.2, 0.25) is 11.8 Å². The summed E-state index contributed by atoms with van der Waals surface area (Å²) in [6, 6.07) is 3.58. The van der Waals surface area contributed by atoms with Crippen molar-refractivity contribution in [2.24, 2.45) is 0 Å². The molecule has 2 heterocycles. The van der Waals surface area contributed by atoms with Crippen LogP contribution in [-0.2, 0) is 20.9 Å². The molecule has 1 N–H and O–H groups in total. The number of hydrogen-bond acceptors (Lipinski definition) is 5. The Balaban J connectivity index is 1.57. The second-order valence-electron chi connectivity index (χ2n) is 4.34. The summed E-state index contributed by atoms with van der Waals surface area (Å²) >= 11 is 1.33. The van der Waals surface area contributed by atoms with Crippen LogP contribution in [0.3, 0.4) is 0 Å². The number of furan rings is 1. The maximum atomic E-state index is 11.8. The molecule has 110 valence electrons. The zero-order valence-corrected chi connectivity index (χ0v) is 12.0. The van der Waals surface area contributed by atoms with E-state index in [1.54, 1.807) is 23.3 Å². The van der Waals surface area contributed by atoms with E-state index >= 15 is 0 Å². The predicted octanol–water partition coefficient (Wildman–Crippen LogP) is 0.488. The highest BCUT2D eigenvalue weighted by atomic mass is 32.2. The average molecular weight is 298 g/mol. The van der Waals surface area contributed by atoms with E-state index in [0.29, 0.717) is 44.4 Å². The average Bonchev–Trinajstić information content (AvgIpc) is 2.99. The lowest BCUT2D eigenvalue weighted by Crippen LogP contribution is -2.41. The fourth-order valence-electron chi connectivity index (χ4n) is 1.78. The van der Waals surface area contributed by atoms with Gasteiger partial charge in [-0.1, -0.05) is 0 Å². The van der Waals surface area contributed by atoms with Crippen molar-refractivity contribution in [3.63, 3.8) is 0 Å². The SMILES string of the molecule is O=C(CSCC(=O)N1CCOCC1)NCc1ccco1. The maximum absolute atomic E-state index is 11.8. The summed E-state index contributed by atoms with van der Waals surface area (Å²) in [4.78, 5) is 25.2. The number of carbonyl (C=O) groups is 2. The van der Waals surface area contributed by atoms with Crippen molar-refractivity contribution in [2.45, 2.75) is 6.54 Å². The van der Waals surface area contributed by atoms with Crippen LogP contribution in [0.15, 0.2) is 22.8 Å². The van der Waals surface area contributed by atoms with Crippen molar-refractivity contribution in [1.82, 2.24) is 10.2 Å². The predicted molar refractivity (Wildman–Crippen MR) is 75.3 cm³/mol. The maximum Gasteiger partial charge on any atom is 0.232 e. The number of carbonyl (C=O) groups excluding carboxylic acids is 2. The molecule has 2 rings (SSSR count). The fraction of sp³-hybridized carbons (Fsp3) is 0.538. The van der Waals surface area contributed by atoms with Crippen LogP contribution in [-0.4, -0.2) is 54.5 Å². The molecule has 7 heteroatoms. The molecule has 1 aliphatic rings. The van der Waals surface area contributed by atoms with Gasteiger partial charge in [-0.2, -0.15) is 0 Å². The Morgan fingerprint density at radius 1 is 1.30 bits per heavy atom. The molecule has 0 unspecified atom stereocenters. The summed E-state index contributed by atoms with van der Waals surface area (Å²) < 4.78 is 10.3. The molecule has 0 aliphatic carbocycles. The fourth-order valence-corrected chi connectivity index (χ4v) is 2.53. The Bertz CT molecular complexity index is 430. The Hall–Kier alpha value is -1.47. The molecule has 2 amide bonds. The highest BCUT2D eigenvalue weighted by molar-refractivity contribution is 8.00. The van der Waals surface area contributed by atoms with Crippen molar-refractivity contribution in [2.75, 3.05) is 37.8 Å². The number of thioether (sulfide) groups is 1. The first-order valence-electron chi connectivity index (χ1n) is 6.48. The van der Waals surface area contributed by atoms with Crippen LogP contribution in [0.1, 0.15) is 5.76 Å². The van der Waals surface area contributed by atoms with Crippen molar-refractivity contribution in [3.05, 3.63) is 24.2 Å². The van der Waals surface area contributed by atoms with Crippen LogP contribution < -0.4 is 5.32 Å². The second-order valence-corrected chi connectivity index (χ2v) is 5.33.